The molecular formula is C19H35N5. The molecule has 0 bridgehead atoms. The molecule has 5 nitrogen and oxygen atoms in total. The molecule has 1 heterocycles. The zero-order chi connectivity index (χ0) is 17.4. The van der Waals surface area contributed by atoms with E-state index in [1.54, 1.807) is 0 Å². The van der Waals surface area contributed by atoms with E-state index in [2.05, 4.69) is 54.1 Å². The van der Waals surface area contributed by atoms with Gasteiger partial charge < -0.3 is 15.2 Å². The maximum Gasteiger partial charge on any atom is 0.191 e. The van der Waals surface area contributed by atoms with Crippen LogP contribution in [0.3, 0.4) is 0 Å². The number of nitrogens with one attached hydrogen (secondary N) is 2. The summed E-state index contributed by atoms with van der Waals surface area (Å²) in [7, 11) is 0. The highest BCUT2D eigenvalue weighted by Crippen LogP contribution is 2.26. The molecule has 2 unspecified atom stereocenters. The van der Waals surface area contributed by atoms with E-state index in [-0.39, 0.29) is 0 Å². The van der Waals surface area contributed by atoms with Crippen LogP contribution in [0.1, 0.15) is 65.6 Å². The minimum Gasteiger partial charge on any atom is -0.357 e. The molecule has 1 aromatic heterocycles. The lowest BCUT2D eigenvalue weighted by Crippen LogP contribution is -2.45. The molecule has 0 saturated heterocycles. The van der Waals surface area contributed by atoms with E-state index in [0.717, 1.165) is 30.8 Å². The maximum absolute atomic E-state index is 4.78. The Hall–Kier alpha value is -1.52. The Morgan fingerprint density at radius 2 is 2.21 bits per heavy atom. The first-order chi connectivity index (χ1) is 11.6. The van der Waals surface area contributed by atoms with Crippen molar-refractivity contribution in [3.63, 3.8) is 0 Å². The standard InChI is InChI=1S/C19H35N5/c1-5-16-8-7-9-17(12-16)23-19(20-6-2)22-13-18-21-10-11-24(18)14-15(3)4/h10-11,15-17H,5-9,12-14H2,1-4H3,(H2,20,22,23). The molecule has 1 aliphatic rings. The van der Waals surface area contributed by atoms with Gasteiger partial charge in [-0.2, -0.15) is 0 Å². The second kappa shape index (κ2) is 9.70. The Balaban J connectivity index is 1.96. The van der Waals surface area contributed by atoms with Crippen LogP contribution in [-0.4, -0.2) is 28.1 Å². The summed E-state index contributed by atoms with van der Waals surface area (Å²) in [4.78, 5) is 9.25. The summed E-state index contributed by atoms with van der Waals surface area (Å²) in [6.07, 6.45) is 10.5. The first-order valence-electron chi connectivity index (χ1n) is 9.67. The Morgan fingerprint density at radius 1 is 1.38 bits per heavy atom. The SMILES string of the molecule is CCNC(=NCc1nccn1CC(C)C)NC1CCCC(CC)C1. The van der Waals surface area contributed by atoms with E-state index in [1.165, 1.54) is 32.1 Å². The van der Waals surface area contributed by atoms with Crippen LogP contribution >= 0.6 is 0 Å². The fourth-order valence-corrected chi connectivity index (χ4v) is 3.51. The lowest BCUT2D eigenvalue weighted by molar-refractivity contribution is 0.298. The summed E-state index contributed by atoms with van der Waals surface area (Å²) in [6.45, 7) is 11.4. The molecule has 2 rings (SSSR count). The Labute approximate surface area is 147 Å². The van der Waals surface area contributed by atoms with E-state index in [9.17, 15) is 0 Å². The van der Waals surface area contributed by atoms with Crippen molar-refractivity contribution in [3.8, 4) is 0 Å². The first kappa shape index (κ1) is 18.8. The number of nitrogens with zero attached hydrogens (tertiary/aromatic N) is 3. The van der Waals surface area contributed by atoms with Crippen LogP contribution in [0, 0.1) is 11.8 Å². The number of rotatable bonds is 7. The monoisotopic (exact) mass is 333 g/mol. The quantitative estimate of drug-likeness (QED) is 0.592. The van der Waals surface area contributed by atoms with Crippen LogP contribution in [0.4, 0.5) is 0 Å². The zero-order valence-electron chi connectivity index (χ0n) is 15.9. The van der Waals surface area contributed by atoms with Crippen molar-refractivity contribution in [2.75, 3.05) is 6.54 Å². The van der Waals surface area contributed by atoms with E-state index < -0.39 is 0 Å². The molecule has 0 amide bonds. The van der Waals surface area contributed by atoms with Gasteiger partial charge in [-0.1, -0.05) is 40.0 Å². The topological polar surface area (TPSA) is 54.2 Å². The van der Waals surface area contributed by atoms with Crippen molar-refractivity contribution in [2.24, 2.45) is 16.8 Å². The number of guanidine groups is 1. The first-order valence-corrected chi connectivity index (χ1v) is 9.67. The van der Waals surface area contributed by atoms with Gasteiger partial charge in [-0.25, -0.2) is 9.98 Å². The minimum atomic E-state index is 0.553. The molecule has 0 spiro atoms. The molecule has 0 radical (unpaired) electrons. The fourth-order valence-electron chi connectivity index (χ4n) is 3.51. The Bertz CT molecular complexity index is 506. The Morgan fingerprint density at radius 3 is 2.92 bits per heavy atom. The van der Waals surface area contributed by atoms with Crippen LogP contribution in [-0.2, 0) is 13.1 Å². The lowest BCUT2D eigenvalue weighted by atomic mass is 9.84. The predicted octanol–water partition coefficient (Wildman–Crippen LogP) is 3.56. The van der Waals surface area contributed by atoms with Gasteiger partial charge in [0, 0.05) is 31.5 Å². The molecule has 1 aromatic rings. The maximum atomic E-state index is 4.78. The van der Waals surface area contributed by atoms with Crippen LogP contribution in [0.5, 0.6) is 0 Å². The lowest BCUT2D eigenvalue weighted by Gasteiger charge is -2.30. The van der Waals surface area contributed by atoms with Gasteiger partial charge in [0.15, 0.2) is 5.96 Å². The Kier molecular flexibility index (Phi) is 7.60. The third kappa shape index (κ3) is 5.84. The highest BCUT2D eigenvalue weighted by Gasteiger charge is 2.21. The van der Waals surface area contributed by atoms with E-state index in [1.807, 2.05) is 6.20 Å². The van der Waals surface area contributed by atoms with Crippen molar-refractivity contribution in [3.05, 3.63) is 18.2 Å². The third-order valence-electron chi connectivity index (χ3n) is 4.79. The molecular weight excluding hydrogens is 298 g/mol. The van der Waals surface area contributed by atoms with E-state index >= 15 is 0 Å². The van der Waals surface area contributed by atoms with Gasteiger partial charge >= 0.3 is 0 Å². The van der Waals surface area contributed by atoms with Crippen molar-refractivity contribution >= 4 is 5.96 Å². The van der Waals surface area contributed by atoms with Gasteiger partial charge in [0.05, 0.1) is 0 Å². The predicted molar refractivity (Wildman–Crippen MR) is 101 cm³/mol. The van der Waals surface area contributed by atoms with Crippen LogP contribution in [0.15, 0.2) is 17.4 Å². The summed E-state index contributed by atoms with van der Waals surface area (Å²) in [5.41, 5.74) is 0. The molecule has 2 N–H and O–H groups in total. The van der Waals surface area contributed by atoms with Crippen LogP contribution in [0.2, 0.25) is 0 Å². The summed E-state index contributed by atoms with van der Waals surface area (Å²) < 4.78 is 2.21. The van der Waals surface area contributed by atoms with Crippen molar-refractivity contribution < 1.29 is 0 Å². The molecule has 0 aromatic carbocycles. The second-order valence-corrected chi connectivity index (χ2v) is 7.37. The molecule has 0 aliphatic heterocycles. The molecule has 1 aliphatic carbocycles. The minimum absolute atomic E-state index is 0.553. The average molecular weight is 334 g/mol. The van der Waals surface area contributed by atoms with Crippen molar-refractivity contribution in [1.82, 2.24) is 20.2 Å². The number of hydrogen-bond donors (Lipinski definition) is 2. The van der Waals surface area contributed by atoms with Gasteiger partial charge in [-0.15, -0.1) is 0 Å². The summed E-state index contributed by atoms with van der Waals surface area (Å²) in [5.74, 6) is 3.44. The van der Waals surface area contributed by atoms with E-state index in [0.29, 0.717) is 18.5 Å². The van der Waals surface area contributed by atoms with Gasteiger partial charge in [0.1, 0.15) is 12.4 Å². The molecule has 5 heteroatoms. The van der Waals surface area contributed by atoms with Gasteiger partial charge in [0.25, 0.3) is 0 Å². The summed E-state index contributed by atoms with van der Waals surface area (Å²) in [5, 5.41) is 7.03. The second-order valence-electron chi connectivity index (χ2n) is 7.37. The molecule has 2 atom stereocenters. The van der Waals surface area contributed by atoms with Crippen molar-refractivity contribution in [2.45, 2.75) is 78.9 Å². The van der Waals surface area contributed by atoms with Crippen LogP contribution < -0.4 is 10.6 Å². The zero-order valence-corrected chi connectivity index (χ0v) is 15.9. The number of aromatic nitrogens is 2. The van der Waals surface area contributed by atoms with E-state index in [4.69, 9.17) is 4.99 Å². The number of imidazole rings is 1. The molecule has 24 heavy (non-hydrogen) atoms. The van der Waals surface area contributed by atoms with Crippen LogP contribution in [0.25, 0.3) is 0 Å². The molecule has 1 saturated carbocycles. The number of aliphatic imine (C=N–C) groups is 1. The summed E-state index contributed by atoms with van der Waals surface area (Å²) >= 11 is 0. The van der Waals surface area contributed by atoms with Gasteiger partial charge in [-0.05, 0) is 31.6 Å². The normalized spacial score (nSPS) is 22.0. The van der Waals surface area contributed by atoms with Gasteiger partial charge in [0.2, 0.25) is 0 Å². The van der Waals surface area contributed by atoms with Crippen molar-refractivity contribution in [1.29, 1.82) is 0 Å². The fraction of sp³-hybridized carbons (Fsp3) is 0.789. The van der Waals surface area contributed by atoms with Gasteiger partial charge in [-0.3, -0.25) is 0 Å². The highest BCUT2D eigenvalue weighted by atomic mass is 15.2. The molecule has 1 fully saturated rings. The largest absolute Gasteiger partial charge is 0.357 e. The average Bonchev–Trinajstić information content (AvgIpc) is 2.99. The smallest absolute Gasteiger partial charge is 0.191 e. The number of hydrogen-bond acceptors (Lipinski definition) is 2. The third-order valence-corrected chi connectivity index (χ3v) is 4.79. The molecule has 136 valence electrons. The highest BCUT2D eigenvalue weighted by molar-refractivity contribution is 5.80. The summed E-state index contributed by atoms with van der Waals surface area (Å²) in [6, 6.07) is 0.553.